The van der Waals surface area contributed by atoms with Gasteiger partial charge in [-0.3, -0.25) is 0 Å². The topological polar surface area (TPSA) is 71.1 Å². The van der Waals surface area contributed by atoms with E-state index in [-0.39, 0.29) is 34.7 Å². The summed E-state index contributed by atoms with van der Waals surface area (Å²) in [6, 6.07) is 7.16. The van der Waals surface area contributed by atoms with Gasteiger partial charge < -0.3 is 15.6 Å². The summed E-state index contributed by atoms with van der Waals surface area (Å²) in [5.41, 5.74) is 5.69. The highest BCUT2D eigenvalue weighted by Crippen LogP contribution is 2.33. The lowest BCUT2D eigenvalue weighted by Gasteiger charge is -2.12. The Morgan fingerprint density at radius 2 is 1.88 bits per heavy atom. The molecule has 0 amide bonds. The average Bonchev–Trinajstić information content (AvgIpc) is 3.00. The summed E-state index contributed by atoms with van der Waals surface area (Å²) in [7, 11) is 0. The molecule has 0 bridgehead atoms. The fourth-order valence-corrected chi connectivity index (χ4v) is 2.29. The van der Waals surface area contributed by atoms with Crippen LogP contribution in [0.4, 0.5) is 24.5 Å². The van der Waals surface area contributed by atoms with Crippen molar-refractivity contribution in [3.63, 3.8) is 0 Å². The third-order valence-electron chi connectivity index (χ3n) is 3.37. The molecule has 24 heavy (non-hydrogen) atoms. The summed E-state index contributed by atoms with van der Waals surface area (Å²) in [4.78, 5) is 0. The molecule has 2 aromatic rings. The van der Waals surface area contributed by atoms with E-state index in [2.05, 4.69) is 5.10 Å². The minimum atomic E-state index is -4.40. The van der Waals surface area contributed by atoms with E-state index in [4.69, 9.17) is 22.1 Å². The zero-order valence-corrected chi connectivity index (χ0v) is 12.8. The monoisotopic (exact) mass is 357 g/mol. The number of ether oxygens (including phenoxy) is 1. The number of hydrazone groups is 1. The SMILES string of the molecule is Nc1cc(O)c(C2=NN(c3ccc(C(F)(F)F)cc3)CO2)cc1Cl. The van der Waals surface area contributed by atoms with E-state index in [1.54, 1.807) is 0 Å². The lowest BCUT2D eigenvalue weighted by Crippen LogP contribution is -2.13. The largest absolute Gasteiger partial charge is 0.507 e. The second-order valence-electron chi connectivity index (χ2n) is 5.01. The first-order chi connectivity index (χ1) is 11.3. The van der Waals surface area contributed by atoms with Crippen molar-refractivity contribution in [3.05, 3.63) is 52.5 Å². The number of alkyl halides is 3. The first kappa shape index (κ1) is 16.3. The van der Waals surface area contributed by atoms with Gasteiger partial charge in [-0.15, -0.1) is 5.10 Å². The van der Waals surface area contributed by atoms with Gasteiger partial charge in [0.05, 0.1) is 27.5 Å². The minimum absolute atomic E-state index is 0.0118. The Balaban J connectivity index is 1.87. The normalized spacial score (nSPS) is 14.5. The molecule has 5 nitrogen and oxygen atoms in total. The first-order valence-electron chi connectivity index (χ1n) is 6.70. The number of halogens is 4. The Hall–Kier alpha value is -2.61. The number of phenolic OH excluding ortho intramolecular Hbond substituents is 1. The van der Waals surface area contributed by atoms with Crippen LogP contribution in [0.1, 0.15) is 11.1 Å². The Kier molecular flexibility index (Phi) is 3.92. The van der Waals surface area contributed by atoms with Crippen molar-refractivity contribution in [2.24, 2.45) is 5.10 Å². The first-order valence-corrected chi connectivity index (χ1v) is 7.08. The van der Waals surface area contributed by atoms with Gasteiger partial charge in [0.2, 0.25) is 5.90 Å². The third kappa shape index (κ3) is 3.05. The molecule has 0 fully saturated rings. The molecule has 1 aliphatic rings. The van der Waals surface area contributed by atoms with Gasteiger partial charge in [-0.2, -0.15) is 13.2 Å². The molecule has 0 spiro atoms. The summed E-state index contributed by atoms with van der Waals surface area (Å²) < 4.78 is 43.1. The van der Waals surface area contributed by atoms with Crippen LogP contribution in [-0.2, 0) is 10.9 Å². The molecule has 0 unspecified atom stereocenters. The van der Waals surface area contributed by atoms with Gasteiger partial charge in [-0.25, -0.2) is 5.01 Å². The number of nitrogen functional groups attached to an aromatic ring is 1. The highest BCUT2D eigenvalue weighted by atomic mass is 35.5. The predicted octanol–water partition coefficient (Wildman–Crippen LogP) is 3.80. The van der Waals surface area contributed by atoms with E-state index < -0.39 is 11.7 Å². The standard InChI is InChI=1S/C15H11ClF3N3O2/c16-11-5-10(13(23)6-12(11)20)14-21-22(7-24-14)9-3-1-8(2-4-9)15(17,18)19/h1-6,23H,7,20H2. The molecule has 3 rings (SSSR count). The van der Waals surface area contributed by atoms with Crippen LogP contribution in [0.25, 0.3) is 0 Å². The molecule has 0 radical (unpaired) electrons. The van der Waals surface area contributed by atoms with Crippen LogP contribution in [0.2, 0.25) is 5.02 Å². The fourth-order valence-electron chi connectivity index (χ4n) is 2.13. The van der Waals surface area contributed by atoms with Crippen molar-refractivity contribution in [2.45, 2.75) is 6.18 Å². The van der Waals surface area contributed by atoms with Gasteiger partial charge in [0.25, 0.3) is 0 Å². The number of anilines is 2. The minimum Gasteiger partial charge on any atom is -0.507 e. The smallest absolute Gasteiger partial charge is 0.416 e. The summed E-state index contributed by atoms with van der Waals surface area (Å²) in [6.07, 6.45) is -4.40. The summed E-state index contributed by atoms with van der Waals surface area (Å²) >= 11 is 5.91. The van der Waals surface area contributed by atoms with Crippen LogP contribution in [-0.4, -0.2) is 17.7 Å². The molecule has 0 atom stereocenters. The molecule has 0 aliphatic carbocycles. The highest BCUT2D eigenvalue weighted by molar-refractivity contribution is 6.33. The van der Waals surface area contributed by atoms with Gasteiger partial charge in [0.15, 0.2) is 6.73 Å². The maximum atomic E-state index is 12.6. The van der Waals surface area contributed by atoms with E-state index in [1.807, 2.05) is 0 Å². The lowest BCUT2D eigenvalue weighted by atomic mass is 10.2. The summed E-state index contributed by atoms with van der Waals surface area (Å²) in [5.74, 6) is -0.0702. The average molecular weight is 358 g/mol. The van der Waals surface area contributed by atoms with Crippen LogP contribution >= 0.6 is 11.6 Å². The van der Waals surface area contributed by atoms with Gasteiger partial charge >= 0.3 is 6.18 Å². The molecule has 0 aromatic heterocycles. The molecule has 1 aliphatic heterocycles. The number of nitrogens with zero attached hydrogens (tertiary/aromatic N) is 2. The number of rotatable bonds is 2. The molecule has 126 valence electrons. The van der Waals surface area contributed by atoms with E-state index >= 15 is 0 Å². The van der Waals surface area contributed by atoms with Gasteiger partial charge in [-0.05, 0) is 30.3 Å². The van der Waals surface area contributed by atoms with Crippen molar-refractivity contribution >= 4 is 28.9 Å². The maximum absolute atomic E-state index is 12.6. The molecule has 0 saturated heterocycles. The molecular weight excluding hydrogens is 347 g/mol. The van der Waals surface area contributed by atoms with Gasteiger partial charge in [0, 0.05) is 6.07 Å². The zero-order valence-electron chi connectivity index (χ0n) is 12.0. The zero-order chi connectivity index (χ0) is 17.5. The molecule has 2 aromatic carbocycles. The number of hydrogen-bond acceptors (Lipinski definition) is 5. The number of aromatic hydroxyl groups is 1. The van der Waals surface area contributed by atoms with Crippen molar-refractivity contribution < 1.29 is 23.0 Å². The predicted molar refractivity (Wildman–Crippen MR) is 83.9 cm³/mol. The lowest BCUT2D eigenvalue weighted by molar-refractivity contribution is -0.137. The molecule has 0 saturated carbocycles. The molecule has 1 heterocycles. The number of phenols is 1. The third-order valence-corrected chi connectivity index (χ3v) is 3.70. The summed E-state index contributed by atoms with van der Waals surface area (Å²) in [5, 5.41) is 15.6. The number of benzene rings is 2. The quantitative estimate of drug-likeness (QED) is 0.802. The van der Waals surface area contributed by atoms with Crippen molar-refractivity contribution in [1.82, 2.24) is 0 Å². The van der Waals surface area contributed by atoms with Crippen molar-refractivity contribution in [2.75, 3.05) is 17.5 Å². The van der Waals surface area contributed by atoms with Gasteiger partial charge in [0.1, 0.15) is 5.75 Å². The van der Waals surface area contributed by atoms with Crippen LogP contribution in [0.3, 0.4) is 0 Å². The van der Waals surface area contributed by atoms with Crippen LogP contribution in [0.5, 0.6) is 5.75 Å². The number of hydrogen-bond donors (Lipinski definition) is 2. The Morgan fingerprint density at radius 3 is 2.50 bits per heavy atom. The molecule has 3 N–H and O–H groups in total. The van der Waals surface area contributed by atoms with Crippen LogP contribution in [0.15, 0.2) is 41.5 Å². The highest BCUT2D eigenvalue weighted by Gasteiger charge is 2.30. The molecular formula is C15H11ClF3N3O2. The van der Waals surface area contributed by atoms with Crippen LogP contribution < -0.4 is 10.7 Å². The van der Waals surface area contributed by atoms with Crippen LogP contribution in [0, 0.1) is 0 Å². The number of nitrogens with two attached hydrogens (primary N) is 1. The van der Waals surface area contributed by atoms with E-state index in [1.165, 1.54) is 29.3 Å². The maximum Gasteiger partial charge on any atom is 0.416 e. The van der Waals surface area contributed by atoms with Crippen molar-refractivity contribution in [3.8, 4) is 5.75 Å². The Labute approximate surface area is 139 Å². The fraction of sp³-hybridized carbons (Fsp3) is 0.133. The summed E-state index contributed by atoms with van der Waals surface area (Å²) in [6.45, 7) is -0.0118. The van der Waals surface area contributed by atoms with E-state index in [9.17, 15) is 18.3 Å². The Bertz CT molecular complexity index is 807. The Morgan fingerprint density at radius 1 is 1.21 bits per heavy atom. The van der Waals surface area contributed by atoms with Gasteiger partial charge in [-0.1, -0.05) is 11.6 Å². The second kappa shape index (κ2) is 5.79. The van der Waals surface area contributed by atoms with Crippen molar-refractivity contribution in [1.29, 1.82) is 0 Å². The second-order valence-corrected chi connectivity index (χ2v) is 5.42. The van der Waals surface area contributed by atoms with E-state index in [0.717, 1.165) is 12.1 Å². The molecule has 9 heteroatoms. The van der Waals surface area contributed by atoms with E-state index in [0.29, 0.717) is 5.69 Å².